The van der Waals surface area contributed by atoms with Crippen molar-refractivity contribution in [3.8, 4) is 90.3 Å². The number of hydrogen-bond acceptors (Lipinski definition) is 2. The molecule has 0 saturated carbocycles. The van der Waals surface area contributed by atoms with Gasteiger partial charge in [-0.2, -0.15) is 10.5 Å². The molecule has 4 nitrogen and oxygen atoms in total. The van der Waals surface area contributed by atoms with Crippen LogP contribution in [0.15, 0.2) is 364 Å². The first-order chi connectivity index (χ1) is 52.4. The second-order valence-corrected chi connectivity index (χ2v) is 28.2. The zero-order chi connectivity index (χ0) is 70.1. The van der Waals surface area contributed by atoms with E-state index in [2.05, 4.69) is 349 Å². The smallest absolute Gasteiger partial charge is 0.0991 e. The van der Waals surface area contributed by atoms with E-state index in [1.807, 2.05) is 36.4 Å². The normalized spacial score (nSPS) is 11.8. The molecule has 0 fully saturated rings. The van der Waals surface area contributed by atoms with Gasteiger partial charge in [-0.15, -0.1) is 0 Å². The van der Waals surface area contributed by atoms with Crippen LogP contribution < -0.4 is 0 Å². The molecule has 22 rings (SSSR count). The number of hydrogen-bond donors (Lipinski definition) is 0. The number of para-hydroxylation sites is 2. The van der Waals surface area contributed by atoms with Gasteiger partial charge in [0.25, 0.3) is 0 Å². The van der Waals surface area contributed by atoms with Gasteiger partial charge in [-0.1, -0.05) is 224 Å². The fourth-order valence-electron chi connectivity index (χ4n) is 17.1. The molecule has 106 heavy (non-hydrogen) atoms. The molecule has 0 N–H and O–H groups in total. The van der Waals surface area contributed by atoms with Crippen LogP contribution in [0.1, 0.15) is 11.1 Å². The Hall–Kier alpha value is -14.4. The minimum Gasteiger partial charge on any atom is -0.309 e. The molecule has 0 unspecified atom stereocenters. The monoisotopic (exact) mass is 1340 g/mol. The van der Waals surface area contributed by atoms with Crippen LogP contribution in [-0.4, -0.2) is 9.13 Å². The summed E-state index contributed by atoms with van der Waals surface area (Å²) in [7, 11) is 0. The fraction of sp³-hybridized carbons (Fsp3) is 0. The van der Waals surface area contributed by atoms with Crippen LogP contribution >= 0.6 is 0 Å². The molecule has 0 bridgehead atoms. The van der Waals surface area contributed by atoms with Crippen molar-refractivity contribution in [1.29, 1.82) is 10.5 Å². The first kappa shape index (κ1) is 60.4. The van der Waals surface area contributed by atoms with Gasteiger partial charge in [-0.25, -0.2) is 0 Å². The molecule has 0 aliphatic rings. The SMILES string of the molecule is N#Cc1ccc2c(c1)c1cc(-c3ccc(-c4cc5ccc6cc(-c7ccc8ccccc8c7)cc7ccc(c4)c5c67)cc3)ccc1n2-c1ccccc1.N#Cc1ccc2c(c1)c1cc(-c3ccc(-c4cc5ccc6cc(-c7cccc8ccccc78)cc7ccc(c4)c5c67)cc3)ccc1n2-c1ccccc1. The third-order valence-corrected chi connectivity index (χ3v) is 22.2. The van der Waals surface area contributed by atoms with Gasteiger partial charge in [-0.05, 0) is 292 Å². The molecule has 0 spiro atoms. The molecule has 0 amide bonds. The van der Waals surface area contributed by atoms with Gasteiger partial charge in [0.05, 0.1) is 45.3 Å². The van der Waals surface area contributed by atoms with Crippen LogP contribution in [0, 0.1) is 22.7 Å². The number of rotatable bonds is 8. The Kier molecular flexibility index (Phi) is 13.7. The van der Waals surface area contributed by atoms with E-state index in [1.54, 1.807) is 0 Å². The van der Waals surface area contributed by atoms with Crippen molar-refractivity contribution in [2.75, 3.05) is 0 Å². The minimum atomic E-state index is 0.665. The highest BCUT2D eigenvalue weighted by atomic mass is 15.0. The number of fused-ring (bicyclic) bond motifs is 8. The van der Waals surface area contributed by atoms with E-state index in [9.17, 15) is 10.5 Å². The van der Waals surface area contributed by atoms with E-state index >= 15 is 0 Å². The zero-order valence-corrected chi connectivity index (χ0v) is 57.4. The predicted molar refractivity (Wildman–Crippen MR) is 446 cm³/mol. The Morgan fingerprint density at radius 3 is 0.896 bits per heavy atom. The number of nitrogens with zero attached hydrogens (tertiary/aromatic N) is 4. The summed E-state index contributed by atoms with van der Waals surface area (Å²) < 4.78 is 4.57. The van der Waals surface area contributed by atoms with Crippen LogP contribution in [0.5, 0.6) is 0 Å². The Morgan fingerprint density at radius 1 is 0.179 bits per heavy atom. The number of aromatic nitrogens is 2. The van der Waals surface area contributed by atoms with Gasteiger partial charge in [0.15, 0.2) is 0 Å². The van der Waals surface area contributed by atoms with E-state index in [4.69, 9.17) is 0 Å². The largest absolute Gasteiger partial charge is 0.309 e. The quantitative estimate of drug-likeness (QED) is 0.142. The number of benzene rings is 20. The topological polar surface area (TPSA) is 57.4 Å². The number of nitriles is 2. The first-order valence-corrected chi connectivity index (χ1v) is 36.1. The second kappa shape index (κ2) is 24.1. The van der Waals surface area contributed by atoms with Crippen LogP contribution in [0.25, 0.3) is 208 Å². The van der Waals surface area contributed by atoms with Gasteiger partial charge >= 0.3 is 0 Å². The summed E-state index contributed by atoms with van der Waals surface area (Å²) in [4.78, 5) is 0. The van der Waals surface area contributed by atoms with E-state index < -0.39 is 0 Å². The molecule has 0 saturated heterocycles. The fourth-order valence-corrected chi connectivity index (χ4v) is 17.1. The lowest BCUT2D eigenvalue weighted by molar-refractivity contribution is 1.18. The molecule has 0 aliphatic heterocycles. The van der Waals surface area contributed by atoms with E-state index in [1.165, 1.54) is 131 Å². The summed E-state index contributed by atoms with van der Waals surface area (Å²) in [6.07, 6.45) is 0. The average molecular weight is 1340 g/mol. The molecule has 0 radical (unpaired) electrons. The highest BCUT2D eigenvalue weighted by molar-refractivity contribution is 6.26. The summed E-state index contributed by atoms with van der Waals surface area (Å²) in [6.45, 7) is 0. The van der Waals surface area contributed by atoms with Crippen LogP contribution in [0.4, 0.5) is 0 Å². The Balaban J connectivity index is 0.000000136. The maximum absolute atomic E-state index is 9.70. The van der Waals surface area contributed by atoms with Gasteiger partial charge in [0.2, 0.25) is 0 Å². The molecule has 22 aromatic rings. The predicted octanol–water partition coefficient (Wildman–Crippen LogP) is 27.4. The summed E-state index contributed by atoms with van der Waals surface area (Å²) >= 11 is 0. The molecule has 0 aliphatic carbocycles. The molecule has 2 heterocycles. The maximum atomic E-state index is 9.70. The van der Waals surface area contributed by atoms with Crippen LogP contribution in [-0.2, 0) is 0 Å². The van der Waals surface area contributed by atoms with Gasteiger partial charge < -0.3 is 9.13 Å². The highest BCUT2D eigenvalue weighted by Crippen LogP contribution is 2.45. The third-order valence-electron chi connectivity index (χ3n) is 22.2. The Morgan fingerprint density at radius 2 is 0.472 bits per heavy atom. The summed E-state index contributed by atoms with van der Waals surface area (Å²) in [6, 6.07) is 136. The molecule has 20 aromatic carbocycles. The maximum Gasteiger partial charge on any atom is 0.0991 e. The van der Waals surface area contributed by atoms with Gasteiger partial charge in [-0.3, -0.25) is 0 Å². The molecular formula is C102H60N4. The first-order valence-electron chi connectivity index (χ1n) is 36.1. The molecule has 488 valence electrons. The molecule has 0 atom stereocenters. The van der Waals surface area contributed by atoms with Crippen molar-refractivity contribution in [3.63, 3.8) is 0 Å². The summed E-state index contributed by atoms with van der Waals surface area (Å²) in [5.74, 6) is 0. The summed E-state index contributed by atoms with van der Waals surface area (Å²) in [5.41, 5.74) is 22.4. The molecular weight excluding hydrogens is 1280 g/mol. The van der Waals surface area contributed by atoms with Gasteiger partial charge in [0, 0.05) is 32.9 Å². The van der Waals surface area contributed by atoms with Crippen molar-refractivity contribution in [3.05, 3.63) is 375 Å². The van der Waals surface area contributed by atoms with Crippen LogP contribution in [0.2, 0.25) is 0 Å². The van der Waals surface area contributed by atoms with Crippen molar-refractivity contribution in [2.45, 2.75) is 0 Å². The van der Waals surface area contributed by atoms with Crippen molar-refractivity contribution in [1.82, 2.24) is 9.13 Å². The Bertz CT molecular complexity index is 7290. The lowest BCUT2D eigenvalue weighted by Crippen LogP contribution is -1.93. The summed E-state index contributed by atoms with van der Waals surface area (Å²) in [5, 5.41) is 44.4. The van der Waals surface area contributed by atoms with Crippen molar-refractivity contribution >= 4 is 130 Å². The molecule has 2 aromatic heterocycles. The zero-order valence-electron chi connectivity index (χ0n) is 57.4. The Labute approximate surface area is 610 Å². The van der Waals surface area contributed by atoms with Crippen molar-refractivity contribution < 1.29 is 0 Å². The highest BCUT2D eigenvalue weighted by Gasteiger charge is 2.20. The third kappa shape index (κ3) is 9.89. The minimum absolute atomic E-state index is 0.665. The molecule has 4 heteroatoms. The average Bonchev–Trinajstić information content (AvgIpc) is 1.16. The van der Waals surface area contributed by atoms with Gasteiger partial charge in [0.1, 0.15) is 0 Å². The van der Waals surface area contributed by atoms with Crippen LogP contribution in [0.3, 0.4) is 0 Å². The second-order valence-electron chi connectivity index (χ2n) is 28.2. The van der Waals surface area contributed by atoms with E-state index in [0.717, 1.165) is 77.2 Å². The lowest BCUT2D eigenvalue weighted by atomic mass is 9.88. The van der Waals surface area contributed by atoms with Crippen molar-refractivity contribution in [2.24, 2.45) is 0 Å². The standard InChI is InChI=1S/2C51H30N2/c52-31-32-13-23-48-46(25-32)47-30-36(22-24-49(47)53(48)43-9-2-1-3-10-43)33-14-16-34(17-15-33)41-26-37-18-20-39-28-42(29-40-21-19-38(27-41)50(37)51(39)40)45-12-6-8-35-7-4-5-11-44(35)45;52-31-32-10-22-48-46(24-32)47-30-38(21-23-49(47)53(48)45-8-2-1-3-9-45)34-11-13-35(14-12-34)43-26-39-17-19-41-28-44(29-42-20-18-40(27-43)50(39)51(41)42)37-16-15-33-6-4-5-7-36(33)25-37/h2*1-30H. The van der Waals surface area contributed by atoms with E-state index in [0.29, 0.717) is 11.1 Å². The lowest BCUT2D eigenvalue weighted by Gasteiger charge is -2.15. The van der Waals surface area contributed by atoms with E-state index in [-0.39, 0.29) is 0 Å².